The molecule has 0 aliphatic carbocycles. The van der Waals surface area contributed by atoms with Crippen molar-refractivity contribution in [2.75, 3.05) is 0 Å². The van der Waals surface area contributed by atoms with Crippen LogP contribution < -0.4 is 0 Å². The van der Waals surface area contributed by atoms with E-state index in [0.717, 1.165) is 0 Å². The quantitative estimate of drug-likeness (QED) is 0.287. The van der Waals surface area contributed by atoms with E-state index < -0.39 is 11.2 Å². The second-order valence-corrected chi connectivity index (χ2v) is 1.75. The Balaban J connectivity index is -0.00000000714. The number of hydrogen-bond acceptors (Lipinski definition) is 4. The average Bonchev–Trinajstić information content (AvgIpc) is 1.76. The predicted octanol–water partition coefficient (Wildman–Crippen LogP) is -0.608. The van der Waals surface area contributed by atoms with Crippen molar-refractivity contribution in [2.24, 2.45) is 0 Å². The zero-order valence-corrected chi connectivity index (χ0v) is 7.68. The van der Waals surface area contributed by atoms with Crippen LogP contribution in [-0.4, -0.2) is 60.7 Å². The Hall–Kier alpha value is 1.68. The van der Waals surface area contributed by atoms with Crippen molar-refractivity contribution in [1.82, 2.24) is 0 Å². The van der Waals surface area contributed by atoms with Crippen molar-refractivity contribution in [3.8, 4) is 0 Å². The standard InChI is InChI=1S/2Mg.H2O4S.H2O.4H/c;;1-5(2)3-4-5;;;;;/h;;1-2H;1H2;;;;/q2*+2;;;4*-1. The Kier molecular flexibility index (Phi) is 11.2. The molecular weight excluding hydrogens is 161 g/mol. The van der Waals surface area contributed by atoms with E-state index in [0.29, 0.717) is 0 Å². The van der Waals surface area contributed by atoms with E-state index >= 15 is 0 Å². The van der Waals surface area contributed by atoms with Gasteiger partial charge in [0.25, 0.3) is 11.2 Å². The Morgan fingerprint density at radius 2 is 1.25 bits per heavy atom. The molecule has 8 heavy (non-hydrogen) atoms. The zero-order chi connectivity index (χ0) is 3.91. The first-order chi connectivity index (χ1) is 2.21. The molecule has 0 spiro atoms. The summed E-state index contributed by atoms with van der Waals surface area (Å²) in [7, 11) is 0. The molecule has 1 aliphatic heterocycles. The molecule has 0 bridgehead atoms. The van der Waals surface area contributed by atoms with E-state index in [9.17, 15) is 0 Å². The fourth-order valence-electron chi connectivity index (χ4n) is 0.0248. The van der Waals surface area contributed by atoms with Gasteiger partial charge in [-0.3, -0.25) is 9.11 Å². The van der Waals surface area contributed by atoms with E-state index in [-0.39, 0.29) is 57.3 Å². The molecule has 1 aliphatic rings. The monoisotopic (exact) mass is 168 g/mol. The fraction of sp³-hybridized carbons (Fsp3) is 0. The molecular formula is H8Mg2O5S. The second-order valence-electron chi connectivity index (χ2n) is 0.584. The summed E-state index contributed by atoms with van der Waals surface area (Å²) in [5, 5.41) is 0. The molecule has 1 fully saturated rings. The third-order valence-electron chi connectivity index (χ3n) is 0.190. The van der Waals surface area contributed by atoms with Gasteiger partial charge in [0.2, 0.25) is 0 Å². The van der Waals surface area contributed by atoms with E-state index in [2.05, 4.69) is 8.67 Å². The third-order valence-corrected chi connectivity index (χ3v) is 0.569. The summed E-state index contributed by atoms with van der Waals surface area (Å²) in [5.74, 6) is 0. The van der Waals surface area contributed by atoms with Gasteiger partial charge in [-0.2, -0.15) is 0 Å². The van der Waals surface area contributed by atoms with Crippen molar-refractivity contribution in [3.05, 3.63) is 0 Å². The molecule has 5 nitrogen and oxygen atoms in total. The summed E-state index contributed by atoms with van der Waals surface area (Å²) in [6.07, 6.45) is 0. The van der Waals surface area contributed by atoms with Gasteiger partial charge >= 0.3 is 46.1 Å². The van der Waals surface area contributed by atoms with Gasteiger partial charge in [0.05, 0.1) is 0 Å². The van der Waals surface area contributed by atoms with Gasteiger partial charge < -0.3 is 11.2 Å². The van der Waals surface area contributed by atoms with E-state index in [1.165, 1.54) is 0 Å². The van der Waals surface area contributed by atoms with Crippen LogP contribution >= 0.6 is 11.2 Å². The molecule has 0 aromatic heterocycles. The van der Waals surface area contributed by atoms with Crippen LogP contribution in [0.4, 0.5) is 0 Å². The SMILES string of the molecule is O.OS1(O)OO1.[H-].[H-].[H-].[H-].[Mg+2].[Mg+2]. The van der Waals surface area contributed by atoms with Gasteiger partial charge in [-0.05, 0) is 0 Å². The zero-order valence-electron chi connectivity index (χ0n) is 8.03. The predicted molar refractivity (Wildman–Crippen MR) is 34.6 cm³/mol. The summed E-state index contributed by atoms with van der Waals surface area (Å²) < 4.78 is 22.8. The second kappa shape index (κ2) is 5.47. The molecule has 0 atom stereocenters. The van der Waals surface area contributed by atoms with E-state index in [4.69, 9.17) is 9.11 Å². The van der Waals surface area contributed by atoms with Crippen LogP contribution in [0.5, 0.6) is 0 Å². The number of rotatable bonds is 0. The van der Waals surface area contributed by atoms with Gasteiger partial charge in [0.1, 0.15) is 0 Å². The maximum Gasteiger partial charge on any atom is 2.00 e. The normalized spacial score (nSPS) is 22.8. The van der Waals surface area contributed by atoms with Crippen molar-refractivity contribution < 1.29 is 29.0 Å². The molecule has 0 aromatic rings. The minimum Gasteiger partial charge on any atom is -1.00 e. The summed E-state index contributed by atoms with van der Waals surface area (Å²) in [6, 6.07) is 0. The summed E-state index contributed by atoms with van der Waals surface area (Å²) in [6.45, 7) is 0. The minimum atomic E-state index is -2.92. The van der Waals surface area contributed by atoms with Crippen LogP contribution in [0.25, 0.3) is 0 Å². The van der Waals surface area contributed by atoms with Gasteiger partial charge in [-0.25, -0.2) is 0 Å². The average molecular weight is 169 g/mol. The van der Waals surface area contributed by atoms with Crippen molar-refractivity contribution in [3.63, 3.8) is 0 Å². The smallest absolute Gasteiger partial charge is 1.00 e. The maximum atomic E-state index is 7.83. The minimum absolute atomic E-state index is 0. The molecule has 0 unspecified atom stereocenters. The molecule has 0 radical (unpaired) electrons. The summed E-state index contributed by atoms with van der Waals surface area (Å²) >= 11 is -2.92. The van der Waals surface area contributed by atoms with Crippen LogP contribution in [0.3, 0.4) is 0 Å². The molecule has 4 N–H and O–H groups in total. The van der Waals surface area contributed by atoms with E-state index in [1.807, 2.05) is 0 Å². The van der Waals surface area contributed by atoms with Crippen molar-refractivity contribution in [2.45, 2.75) is 0 Å². The first kappa shape index (κ1) is 16.3. The first-order valence-corrected chi connectivity index (χ1v) is 2.26. The fourth-order valence-corrected chi connectivity index (χ4v) is 0.224. The van der Waals surface area contributed by atoms with E-state index in [1.54, 1.807) is 0 Å². The van der Waals surface area contributed by atoms with Crippen LogP contribution in [-0.2, 0) is 8.67 Å². The van der Waals surface area contributed by atoms with Crippen molar-refractivity contribution >= 4 is 57.3 Å². The molecule has 1 saturated heterocycles. The number of hydrogen-bond donors (Lipinski definition) is 2. The van der Waals surface area contributed by atoms with Gasteiger partial charge in [-0.1, -0.05) is 8.67 Å². The molecule has 48 valence electrons. The third kappa shape index (κ3) is 7.68. The Morgan fingerprint density at radius 3 is 1.25 bits per heavy atom. The van der Waals surface area contributed by atoms with Crippen LogP contribution in [0.2, 0.25) is 0 Å². The van der Waals surface area contributed by atoms with Gasteiger partial charge in [-0.15, -0.1) is 0 Å². The van der Waals surface area contributed by atoms with Crippen LogP contribution in [0.15, 0.2) is 0 Å². The largest absolute Gasteiger partial charge is 2.00 e. The first-order valence-electron chi connectivity index (χ1n) is 0.865. The molecule has 8 heteroatoms. The molecule has 1 heterocycles. The Morgan fingerprint density at radius 1 is 1.12 bits per heavy atom. The summed E-state index contributed by atoms with van der Waals surface area (Å²) in [5.41, 5.74) is 0. The van der Waals surface area contributed by atoms with Crippen LogP contribution in [0, 0.1) is 0 Å². The Labute approximate surface area is 86.0 Å². The van der Waals surface area contributed by atoms with Crippen LogP contribution in [0.1, 0.15) is 5.71 Å². The van der Waals surface area contributed by atoms with Crippen molar-refractivity contribution in [1.29, 1.82) is 0 Å². The van der Waals surface area contributed by atoms with Gasteiger partial charge in [0, 0.05) is 0 Å². The molecule has 0 aromatic carbocycles. The van der Waals surface area contributed by atoms with Gasteiger partial charge in [0.15, 0.2) is 0 Å². The summed E-state index contributed by atoms with van der Waals surface area (Å²) in [4.78, 5) is 0. The maximum absolute atomic E-state index is 7.83. The topological polar surface area (TPSA) is 97.0 Å². The molecule has 1 rings (SSSR count). The molecule has 0 amide bonds. The Bertz CT molecular complexity index is 59.4. The molecule has 0 saturated carbocycles.